The molecule has 0 aromatic heterocycles. The number of benzene rings is 1. The second-order valence-electron chi connectivity index (χ2n) is 2.50. The summed E-state index contributed by atoms with van der Waals surface area (Å²) in [6.45, 7) is 1.95. The Balaban J connectivity index is 3.01. The Morgan fingerprint density at radius 2 is 2.17 bits per heavy atom. The molecule has 0 N–H and O–H groups in total. The molecule has 1 nitrogen and oxygen atoms in total. The third-order valence-electron chi connectivity index (χ3n) is 1.59. The number of halogens is 1. The molecule has 0 radical (unpaired) electrons. The summed E-state index contributed by atoms with van der Waals surface area (Å²) in [6.07, 6.45) is 3.99. The highest BCUT2D eigenvalue weighted by molar-refractivity contribution is 6.30. The minimum Gasteiger partial charge on any atom is -0.299 e. The van der Waals surface area contributed by atoms with Crippen molar-refractivity contribution in [3.8, 4) is 0 Å². The lowest BCUT2D eigenvalue weighted by Crippen LogP contribution is -1.79. The quantitative estimate of drug-likeness (QED) is 0.505. The van der Waals surface area contributed by atoms with Crippen LogP contribution in [0.2, 0.25) is 5.02 Å². The van der Waals surface area contributed by atoms with E-state index in [2.05, 4.69) is 0 Å². The van der Waals surface area contributed by atoms with Gasteiger partial charge in [-0.3, -0.25) is 4.79 Å². The van der Waals surface area contributed by atoms with Crippen molar-refractivity contribution in [1.82, 2.24) is 0 Å². The van der Waals surface area contributed by atoms with E-state index in [0.29, 0.717) is 0 Å². The maximum absolute atomic E-state index is 10.0. The second kappa shape index (κ2) is 4.07. The van der Waals surface area contributed by atoms with Crippen LogP contribution in [-0.2, 0) is 4.79 Å². The molecule has 1 aromatic carbocycles. The number of rotatable bonds is 2. The van der Waals surface area contributed by atoms with Crippen molar-refractivity contribution in [2.45, 2.75) is 6.92 Å². The lowest BCUT2D eigenvalue weighted by atomic mass is 10.1. The first-order chi connectivity index (χ1) is 5.74. The van der Waals surface area contributed by atoms with E-state index in [1.54, 1.807) is 12.1 Å². The van der Waals surface area contributed by atoms with Gasteiger partial charge >= 0.3 is 0 Å². The first-order valence-electron chi connectivity index (χ1n) is 3.62. The Bertz CT molecular complexity index is 316. The number of hydrogen-bond donors (Lipinski definition) is 0. The fourth-order valence-corrected chi connectivity index (χ4v) is 1.20. The summed E-state index contributed by atoms with van der Waals surface area (Å²) < 4.78 is 0. The Morgan fingerprint density at radius 1 is 1.42 bits per heavy atom. The molecular formula is C10H9ClO. The van der Waals surface area contributed by atoms with Gasteiger partial charge in [0.25, 0.3) is 0 Å². The third kappa shape index (κ3) is 2.21. The molecule has 2 heteroatoms. The van der Waals surface area contributed by atoms with Gasteiger partial charge in [-0.25, -0.2) is 0 Å². The van der Waals surface area contributed by atoms with Gasteiger partial charge in [-0.15, -0.1) is 0 Å². The van der Waals surface area contributed by atoms with Crippen LogP contribution in [0.3, 0.4) is 0 Å². The highest BCUT2D eigenvalue weighted by Gasteiger charge is 1.93. The van der Waals surface area contributed by atoms with Gasteiger partial charge in [0.2, 0.25) is 0 Å². The zero-order chi connectivity index (χ0) is 8.97. The molecule has 0 atom stereocenters. The maximum Gasteiger partial charge on any atom is 0.142 e. The van der Waals surface area contributed by atoms with Crippen molar-refractivity contribution in [2.75, 3.05) is 0 Å². The largest absolute Gasteiger partial charge is 0.299 e. The molecule has 62 valence electrons. The molecular weight excluding hydrogens is 172 g/mol. The van der Waals surface area contributed by atoms with E-state index in [4.69, 9.17) is 11.6 Å². The predicted octanol–water partition coefficient (Wildman–Crippen LogP) is 2.86. The molecule has 1 rings (SSSR count). The van der Waals surface area contributed by atoms with E-state index in [9.17, 15) is 4.79 Å². The summed E-state index contributed by atoms with van der Waals surface area (Å²) in [6, 6.07) is 5.56. The second-order valence-corrected chi connectivity index (χ2v) is 2.93. The first kappa shape index (κ1) is 9.01. The van der Waals surface area contributed by atoms with Crippen molar-refractivity contribution >= 4 is 24.0 Å². The van der Waals surface area contributed by atoms with E-state index in [1.165, 1.54) is 6.08 Å². The van der Waals surface area contributed by atoms with Crippen LogP contribution in [0.15, 0.2) is 24.3 Å². The van der Waals surface area contributed by atoms with Gasteiger partial charge in [-0.2, -0.15) is 0 Å². The van der Waals surface area contributed by atoms with E-state index >= 15 is 0 Å². The van der Waals surface area contributed by atoms with Crippen LogP contribution in [0.1, 0.15) is 11.1 Å². The molecule has 12 heavy (non-hydrogen) atoms. The van der Waals surface area contributed by atoms with Crippen molar-refractivity contribution in [1.29, 1.82) is 0 Å². The van der Waals surface area contributed by atoms with Crippen LogP contribution in [0, 0.1) is 6.92 Å². The lowest BCUT2D eigenvalue weighted by Gasteiger charge is -1.98. The first-order valence-corrected chi connectivity index (χ1v) is 4.00. The molecule has 1 aromatic rings. The molecule has 0 fully saturated rings. The van der Waals surface area contributed by atoms with Gasteiger partial charge in [0.15, 0.2) is 0 Å². The Morgan fingerprint density at radius 3 is 2.75 bits per heavy atom. The zero-order valence-corrected chi connectivity index (χ0v) is 7.51. The molecule has 0 spiro atoms. The molecule has 0 saturated carbocycles. The Labute approximate surface area is 76.7 Å². The molecule has 0 heterocycles. The fraction of sp³-hybridized carbons (Fsp3) is 0.100. The van der Waals surface area contributed by atoms with Gasteiger partial charge in [-0.1, -0.05) is 23.7 Å². The van der Waals surface area contributed by atoms with Crippen LogP contribution >= 0.6 is 11.6 Å². The van der Waals surface area contributed by atoms with Gasteiger partial charge in [0.05, 0.1) is 0 Å². The van der Waals surface area contributed by atoms with Crippen molar-refractivity contribution in [3.05, 3.63) is 40.4 Å². The van der Waals surface area contributed by atoms with Gasteiger partial charge in [-0.05, 0) is 36.3 Å². The van der Waals surface area contributed by atoms with Crippen LogP contribution in [0.4, 0.5) is 0 Å². The van der Waals surface area contributed by atoms with Crippen LogP contribution in [-0.4, -0.2) is 6.29 Å². The number of allylic oxidation sites excluding steroid dienone is 1. The summed E-state index contributed by atoms with van der Waals surface area (Å²) in [7, 11) is 0. The SMILES string of the molecule is Cc1cc(Cl)ccc1/C=C/C=O. The average molecular weight is 181 g/mol. The summed E-state index contributed by atoms with van der Waals surface area (Å²) >= 11 is 5.76. The fourth-order valence-electron chi connectivity index (χ4n) is 0.969. The standard InChI is InChI=1S/C10H9ClO/c1-8-7-10(11)5-4-9(8)3-2-6-12/h2-7H,1H3/b3-2+. The Kier molecular flexibility index (Phi) is 3.06. The van der Waals surface area contributed by atoms with E-state index in [-0.39, 0.29) is 0 Å². The van der Waals surface area contributed by atoms with Gasteiger partial charge in [0.1, 0.15) is 6.29 Å². The monoisotopic (exact) mass is 180 g/mol. The smallest absolute Gasteiger partial charge is 0.142 e. The van der Waals surface area contributed by atoms with Crippen LogP contribution < -0.4 is 0 Å². The predicted molar refractivity (Wildman–Crippen MR) is 51.3 cm³/mol. The van der Waals surface area contributed by atoms with Crippen molar-refractivity contribution in [3.63, 3.8) is 0 Å². The molecule has 0 bridgehead atoms. The maximum atomic E-state index is 10.0. The summed E-state index contributed by atoms with van der Waals surface area (Å²) in [5.74, 6) is 0. The molecule has 0 saturated heterocycles. The summed E-state index contributed by atoms with van der Waals surface area (Å²) in [5, 5.41) is 0.718. The topological polar surface area (TPSA) is 17.1 Å². The highest BCUT2D eigenvalue weighted by atomic mass is 35.5. The van der Waals surface area contributed by atoms with E-state index in [1.807, 2.05) is 19.1 Å². The highest BCUT2D eigenvalue weighted by Crippen LogP contribution is 2.15. The molecule has 0 aliphatic rings. The van der Waals surface area contributed by atoms with Crippen molar-refractivity contribution < 1.29 is 4.79 Å². The summed E-state index contributed by atoms with van der Waals surface area (Å²) in [4.78, 5) is 10.0. The number of carbonyl (C=O) groups is 1. The minimum atomic E-state index is 0.718. The number of aldehydes is 1. The van der Waals surface area contributed by atoms with Crippen LogP contribution in [0.5, 0.6) is 0 Å². The van der Waals surface area contributed by atoms with E-state index in [0.717, 1.165) is 22.4 Å². The lowest BCUT2D eigenvalue weighted by molar-refractivity contribution is -0.104. The van der Waals surface area contributed by atoms with Crippen molar-refractivity contribution in [2.24, 2.45) is 0 Å². The number of aryl methyl sites for hydroxylation is 1. The minimum absolute atomic E-state index is 0.718. The number of hydrogen-bond acceptors (Lipinski definition) is 1. The molecule has 0 aliphatic carbocycles. The normalized spacial score (nSPS) is 10.5. The molecule has 0 amide bonds. The Hall–Kier alpha value is -1.08. The molecule has 0 unspecified atom stereocenters. The van der Waals surface area contributed by atoms with Crippen LogP contribution in [0.25, 0.3) is 6.08 Å². The molecule has 0 aliphatic heterocycles. The number of carbonyl (C=O) groups excluding carboxylic acids is 1. The average Bonchev–Trinajstić information content (AvgIpc) is 2.03. The van der Waals surface area contributed by atoms with Gasteiger partial charge in [0, 0.05) is 5.02 Å². The van der Waals surface area contributed by atoms with E-state index < -0.39 is 0 Å². The summed E-state index contributed by atoms with van der Waals surface area (Å²) in [5.41, 5.74) is 2.09. The zero-order valence-electron chi connectivity index (χ0n) is 6.75. The third-order valence-corrected chi connectivity index (χ3v) is 1.82. The van der Waals surface area contributed by atoms with Gasteiger partial charge < -0.3 is 0 Å².